The van der Waals surface area contributed by atoms with Gasteiger partial charge in [-0.1, -0.05) is 6.07 Å². The number of anilines is 3. The van der Waals surface area contributed by atoms with Crippen LogP contribution in [0.25, 0.3) is 0 Å². The number of aromatic nitrogens is 1. The number of hydrogen-bond acceptors (Lipinski definition) is 6. The normalized spacial score (nSPS) is 14.6. The number of carbonyl (C=O) groups is 2. The molecule has 13 heteroatoms. The number of piperazine rings is 1. The predicted molar refractivity (Wildman–Crippen MR) is 116 cm³/mol. The largest absolute Gasteiger partial charge is 0.516 e. The molecule has 33 heavy (non-hydrogen) atoms. The van der Waals surface area contributed by atoms with E-state index in [2.05, 4.69) is 15.2 Å². The van der Waals surface area contributed by atoms with Gasteiger partial charge in [0.1, 0.15) is 5.82 Å². The van der Waals surface area contributed by atoms with Crippen molar-refractivity contribution in [2.75, 3.05) is 41.1 Å². The van der Waals surface area contributed by atoms with E-state index < -0.39 is 21.4 Å². The van der Waals surface area contributed by atoms with Gasteiger partial charge in [-0.2, -0.15) is 21.6 Å². The first-order valence-electron chi connectivity index (χ1n) is 9.98. The Morgan fingerprint density at radius 2 is 1.58 bits per heavy atom. The van der Waals surface area contributed by atoms with E-state index in [-0.39, 0.29) is 30.1 Å². The van der Waals surface area contributed by atoms with Crippen molar-refractivity contribution in [2.45, 2.75) is 18.3 Å². The molecule has 0 atom stereocenters. The third kappa shape index (κ3) is 6.57. The van der Waals surface area contributed by atoms with Crippen LogP contribution in [0.5, 0.6) is 0 Å². The second-order valence-corrected chi connectivity index (χ2v) is 8.91. The topological polar surface area (TPSA) is 112 Å². The Bertz CT molecular complexity index is 1070. The average Bonchev–Trinajstić information content (AvgIpc) is 2.78. The Hall–Kier alpha value is -3.35. The van der Waals surface area contributed by atoms with Crippen molar-refractivity contribution < 1.29 is 31.2 Å². The van der Waals surface area contributed by atoms with Crippen LogP contribution in [0, 0.1) is 0 Å². The molecule has 2 heterocycles. The van der Waals surface area contributed by atoms with Crippen molar-refractivity contribution in [1.82, 2.24) is 9.88 Å². The van der Waals surface area contributed by atoms with E-state index in [1.165, 1.54) is 16.9 Å². The lowest BCUT2D eigenvalue weighted by atomic mass is 10.2. The minimum Gasteiger partial charge on any atom is -0.353 e. The standard InChI is InChI=1S/C20H22F3N5O4S/c21-20(22,23)33(31,32)26-16-6-4-15(5-7-16)25-18(29)8-9-19(30)28-13-11-27(12-14-28)17-3-1-2-10-24-17/h1-7,10,26H,8-9,11-14H2,(H,25,29). The number of rotatable bonds is 7. The third-order valence-electron chi connectivity index (χ3n) is 4.90. The summed E-state index contributed by atoms with van der Waals surface area (Å²) in [5.41, 5.74) is -5.48. The molecule has 0 bridgehead atoms. The van der Waals surface area contributed by atoms with Gasteiger partial charge in [0, 0.05) is 56.6 Å². The fourth-order valence-corrected chi connectivity index (χ4v) is 3.72. The van der Waals surface area contributed by atoms with Crippen molar-refractivity contribution >= 4 is 39.0 Å². The average molecular weight is 485 g/mol. The molecule has 1 aromatic carbocycles. The van der Waals surface area contributed by atoms with Gasteiger partial charge in [-0.3, -0.25) is 14.3 Å². The number of carbonyl (C=O) groups excluding carboxylic acids is 2. The van der Waals surface area contributed by atoms with E-state index in [1.54, 1.807) is 11.1 Å². The van der Waals surface area contributed by atoms with Gasteiger partial charge in [0.05, 0.1) is 0 Å². The SMILES string of the molecule is O=C(CCC(=O)N1CCN(c2ccccn2)CC1)Nc1ccc(NS(=O)(=O)C(F)(F)F)cc1. The molecule has 0 saturated carbocycles. The Labute approximate surface area is 188 Å². The first-order valence-corrected chi connectivity index (χ1v) is 11.5. The lowest BCUT2D eigenvalue weighted by Crippen LogP contribution is -2.49. The summed E-state index contributed by atoms with van der Waals surface area (Å²) in [5.74, 6) is 0.253. The van der Waals surface area contributed by atoms with Crippen LogP contribution < -0.4 is 14.9 Å². The summed E-state index contributed by atoms with van der Waals surface area (Å²) in [5, 5.41) is 2.52. The molecule has 2 N–H and O–H groups in total. The van der Waals surface area contributed by atoms with Gasteiger partial charge >= 0.3 is 15.5 Å². The summed E-state index contributed by atoms with van der Waals surface area (Å²) in [6.45, 7) is 2.32. The maximum Gasteiger partial charge on any atom is 0.516 e. The fourth-order valence-electron chi connectivity index (χ4n) is 3.16. The van der Waals surface area contributed by atoms with Crippen molar-refractivity contribution in [3.63, 3.8) is 0 Å². The van der Waals surface area contributed by atoms with E-state index in [0.717, 1.165) is 18.0 Å². The third-order valence-corrected chi connectivity index (χ3v) is 6.01. The molecule has 1 saturated heterocycles. The first kappa shape index (κ1) is 24.3. The molecule has 9 nitrogen and oxygen atoms in total. The van der Waals surface area contributed by atoms with Crippen LogP contribution in [0.2, 0.25) is 0 Å². The van der Waals surface area contributed by atoms with Crippen molar-refractivity contribution in [2.24, 2.45) is 0 Å². The van der Waals surface area contributed by atoms with Gasteiger partial charge in [0.15, 0.2) is 0 Å². The smallest absolute Gasteiger partial charge is 0.353 e. The summed E-state index contributed by atoms with van der Waals surface area (Å²) in [7, 11) is -5.52. The number of sulfonamides is 1. The number of alkyl halides is 3. The van der Waals surface area contributed by atoms with E-state index in [0.29, 0.717) is 26.2 Å². The number of nitrogens with one attached hydrogen (secondary N) is 2. The zero-order valence-electron chi connectivity index (χ0n) is 17.4. The van der Waals surface area contributed by atoms with Gasteiger partial charge in [-0.05, 0) is 36.4 Å². The zero-order chi connectivity index (χ0) is 24.1. The molecule has 0 unspecified atom stereocenters. The van der Waals surface area contributed by atoms with Crippen LogP contribution in [0.4, 0.5) is 30.4 Å². The highest BCUT2D eigenvalue weighted by molar-refractivity contribution is 7.93. The maximum absolute atomic E-state index is 12.4. The second-order valence-electron chi connectivity index (χ2n) is 7.23. The van der Waals surface area contributed by atoms with Gasteiger partial charge < -0.3 is 15.1 Å². The lowest BCUT2D eigenvalue weighted by molar-refractivity contribution is -0.133. The quantitative estimate of drug-likeness (QED) is 0.623. The molecule has 2 aromatic rings. The van der Waals surface area contributed by atoms with Crippen LogP contribution in [0.3, 0.4) is 0 Å². The molecule has 1 aromatic heterocycles. The van der Waals surface area contributed by atoms with Gasteiger partial charge in [0.25, 0.3) is 0 Å². The van der Waals surface area contributed by atoms with Gasteiger partial charge in [-0.15, -0.1) is 0 Å². The number of benzene rings is 1. The molecule has 0 aliphatic carbocycles. The van der Waals surface area contributed by atoms with Crippen molar-refractivity contribution in [1.29, 1.82) is 0 Å². The van der Waals surface area contributed by atoms with Crippen molar-refractivity contribution in [3.8, 4) is 0 Å². The Kier molecular flexibility index (Phi) is 7.41. The van der Waals surface area contributed by atoms with E-state index in [4.69, 9.17) is 0 Å². The van der Waals surface area contributed by atoms with E-state index in [9.17, 15) is 31.2 Å². The summed E-state index contributed by atoms with van der Waals surface area (Å²) < 4.78 is 60.8. The first-order chi connectivity index (χ1) is 15.5. The number of hydrogen-bond donors (Lipinski definition) is 2. The Balaban J connectivity index is 1.42. The highest BCUT2D eigenvalue weighted by Gasteiger charge is 2.46. The van der Waals surface area contributed by atoms with Crippen molar-refractivity contribution in [3.05, 3.63) is 48.7 Å². The Morgan fingerprint density at radius 3 is 2.15 bits per heavy atom. The van der Waals surface area contributed by atoms with Gasteiger partial charge in [0.2, 0.25) is 11.8 Å². The molecule has 1 aliphatic rings. The summed E-state index contributed by atoms with van der Waals surface area (Å²) >= 11 is 0. The molecule has 2 amide bonds. The van der Waals surface area contributed by atoms with Gasteiger partial charge in [-0.25, -0.2) is 4.98 Å². The summed E-state index contributed by atoms with van der Waals surface area (Å²) in [6.07, 6.45) is 1.65. The monoisotopic (exact) mass is 485 g/mol. The number of nitrogens with zero attached hydrogens (tertiary/aromatic N) is 3. The molecular weight excluding hydrogens is 463 g/mol. The molecule has 1 fully saturated rings. The summed E-state index contributed by atoms with van der Waals surface area (Å²) in [4.78, 5) is 32.6. The molecular formula is C20H22F3N5O4S. The zero-order valence-corrected chi connectivity index (χ0v) is 18.2. The van der Waals surface area contributed by atoms with Crippen LogP contribution in [-0.2, 0) is 19.6 Å². The minimum absolute atomic E-state index is 0.0128. The molecule has 3 rings (SSSR count). The fraction of sp³-hybridized carbons (Fsp3) is 0.350. The van der Waals surface area contributed by atoms with E-state index >= 15 is 0 Å². The molecule has 178 valence electrons. The maximum atomic E-state index is 12.4. The highest BCUT2D eigenvalue weighted by atomic mass is 32.2. The van der Waals surface area contributed by atoms with Crippen LogP contribution >= 0.6 is 0 Å². The molecule has 0 spiro atoms. The van der Waals surface area contributed by atoms with Crippen LogP contribution in [-0.4, -0.2) is 61.8 Å². The number of halogens is 3. The predicted octanol–water partition coefficient (Wildman–Crippen LogP) is 2.41. The number of pyridine rings is 1. The lowest BCUT2D eigenvalue weighted by Gasteiger charge is -2.35. The molecule has 0 radical (unpaired) electrons. The Morgan fingerprint density at radius 1 is 0.939 bits per heavy atom. The van der Waals surface area contributed by atoms with Crippen LogP contribution in [0.1, 0.15) is 12.8 Å². The van der Waals surface area contributed by atoms with E-state index in [1.807, 2.05) is 18.2 Å². The number of amides is 2. The summed E-state index contributed by atoms with van der Waals surface area (Å²) in [6, 6.07) is 10.3. The highest BCUT2D eigenvalue weighted by Crippen LogP contribution is 2.26. The molecule has 1 aliphatic heterocycles. The second kappa shape index (κ2) is 10.1. The minimum atomic E-state index is -5.52. The van der Waals surface area contributed by atoms with Crippen LogP contribution in [0.15, 0.2) is 48.7 Å².